The second kappa shape index (κ2) is 9.96. The van der Waals surface area contributed by atoms with Crippen molar-refractivity contribution in [1.82, 2.24) is 9.21 Å². The van der Waals surface area contributed by atoms with Gasteiger partial charge in [0.2, 0.25) is 15.9 Å². The minimum Gasteiger partial charge on any atom is -0.445 e. The number of nitrogens with zero attached hydrogens (tertiary/aromatic N) is 3. The summed E-state index contributed by atoms with van der Waals surface area (Å²) in [6, 6.07) is 12.1. The molecule has 1 aliphatic heterocycles. The maximum atomic E-state index is 13.1. The number of amides is 2. The molecule has 0 spiro atoms. The van der Waals surface area contributed by atoms with Crippen LogP contribution in [0.4, 0.5) is 10.5 Å². The van der Waals surface area contributed by atoms with Crippen molar-refractivity contribution in [2.45, 2.75) is 36.9 Å². The quantitative estimate of drug-likeness (QED) is 0.473. The second-order valence-corrected chi connectivity index (χ2v) is 9.63. The number of hydrogen-bond donors (Lipinski definition) is 1. The lowest BCUT2D eigenvalue weighted by molar-refractivity contribution is -0.384. The minimum absolute atomic E-state index is 0.0248. The number of nitro benzene ring substituents is 1. The Bertz CT molecular complexity index is 1120. The Morgan fingerprint density at radius 2 is 1.76 bits per heavy atom. The lowest BCUT2D eigenvalue weighted by Gasteiger charge is -2.43. The van der Waals surface area contributed by atoms with E-state index in [2.05, 4.69) is 0 Å². The van der Waals surface area contributed by atoms with E-state index in [4.69, 9.17) is 10.5 Å². The van der Waals surface area contributed by atoms with Crippen LogP contribution in [0.25, 0.3) is 0 Å². The smallest absolute Gasteiger partial charge is 0.410 e. The summed E-state index contributed by atoms with van der Waals surface area (Å²) < 4.78 is 32.8. The normalized spacial score (nSPS) is 19.1. The summed E-state index contributed by atoms with van der Waals surface area (Å²) in [6.07, 6.45) is -0.929. The molecule has 11 nitrogen and oxygen atoms in total. The first-order chi connectivity index (χ1) is 15.6. The van der Waals surface area contributed by atoms with E-state index in [0.29, 0.717) is 0 Å². The van der Waals surface area contributed by atoms with Gasteiger partial charge in [0.25, 0.3) is 5.69 Å². The molecular weight excluding hydrogens is 452 g/mol. The Kier molecular flexibility index (Phi) is 7.29. The molecule has 2 amide bonds. The summed E-state index contributed by atoms with van der Waals surface area (Å²) >= 11 is 0. The molecule has 176 valence electrons. The summed E-state index contributed by atoms with van der Waals surface area (Å²) in [6.45, 7) is 1.45. The Balaban J connectivity index is 1.79. The van der Waals surface area contributed by atoms with Crippen LogP contribution in [0.2, 0.25) is 0 Å². The zero-order valence-electron chi connectivity index (χ0n) is 17.9. The number of hydrogen-bond acceptors (Lipinski definition) is 7. The number of carbonyl (C=O) groups is 2. The van der Waals surface area contributed by atoms with Gasteiger partial charge in [-0.3, -0.25) is 19.8 Å². The molecule has 0 aliphatic carbocycles. The van der Waals surface area contributed by atoms with E-state index in [-0.39, 0.29) is 36.7 Å². The van der Waals surface area contributed by atoms with Crippen LogP contribution in [0.1, 0.15) is 18.9 Å². The molecule has 2 aromatic carbocycles. The lowest BCUT2D eigenvalue weighted by Crippen LogP contribution is -2.61. The highest BCUT2D eigenvalue weighted by atomic mass is 32.2. The van der Waals surface area contributed by atoms with Crippen LogP contribution in [-0.4, -0.2) is 59.7 Å². The molecule has 12 heteroatoms. The molecule has 0 saturated carbocycles. The molecule has 1 heterocycles. The Morgan fingerprint density at radius 1 is 1.12 bits per heavy atom. The average molecular weight is 477 g/mol. The molecule has 1 fully saturated rings. The molecule has 0 unspecified atom stereocenters. The van der Waals surface area contributed by atoms with Crippen LogP contribution in [0.5, 0.6) is 0 Å². The van der Waals surface area contributed by atoms with Crippen molar-refractivity contribution in [2.75, 3.05) is 13.1 Å². The highest BCUT2D eigenvalue weighted by Crippen LogP contribution is 2.26. The number of ether oxygens (including phenoxy) is 1. The number of non-ortho nitro benzene ring substituents is 1. The van der Waals surface area contributed by atoms with Gasteiger partial charge >= 0.3 is 6.09 Å². The van der Waals surface area contributed by atoms with Gasteiger partial charge in [-0.15, -0.1) is 0 Å². The molecule has 1 saturated heterocycles. The fraction of sp³-hybridized carbons (Fsp3) is 0.333. The van der Waals surface area contributed by atoms with E-state index in [0.717, 1.165) is 34.1 Å². The van der Waals surface area contributed by atoms with Crippen molar-refractivity contribution in [3.8, 4) is 0 Å². The second-order valence-electron chi connectivity index (χ2n) is 7.69. The molecule has 33 heavy (non-hydrogen) atoms. The van der Waals surface area contributed by atoms with Crippen molar-refractivity contribution in [3.63, 3.8) is 0 Å². The monoisotopic (exact) mass is 476 g/mol. The van der Waals surface area contributed by atoms with Gasteiger partial charge in [-0.2, -0.15) is 4.31 Å². The molecule has 0 radical (unpaired) electrons. The molecule has 3 rings (SSSR count). The van der Waals surface area contributed by atoms with Gasteiger partial charge in [0.1, 0.15) is 6.61 Å². The first-order valence-electron chi connectivity index (χ1n) is 10.1. The SMILES string of the molecule is C[C@@H]1CN(S(=O)(=O)c2ccc([N+](=O)[O-])cc2)C[C@H](CC(N)=O)N1C(=O)OCc1ccccc1. The maximum Gasteiger partial charge on any atom is 0.410 e. The summed E-state index contributed by atoms with van der Waals surface area (Å²) in [5, 5.41) is 10.8. The van der Waals surface area contributed by atoms with Crippen molar-refractivity contribution in [1.29, 1.82) is 0 Å². The van der Waals surface area contributed by atoms with Gasteiger partial charge in [-0.1, -0.05) is 30.3 Å². The lowest BCUT2D eigenvalue weighted by atomic mass is 10.1. The van der Waals surface area contributed by atoms with Gasteiger partial charge in [-0.25, -0.2) is 13.2 Å². The summed E-state index contributed by atoms with van der Waals surface area (Å²) in [5.74, 6) is -0.692. The third-order valence-corrected chi connectivity index (χ3v) is 7.13. The number of carbonyl (C=O) groups excluding carboxylic acids is 2. The average Bonchev–Trinajstić information content (AvgIpc) is 2.77. The van der Waals surface area contributed by atoms with Crippen molar-refractivity contribution >= 4 is 27.7 Å². The molecule has 0 bridgehead atoms. The number of benzene rings is 2. The number of piperazine rings is 1. The Morgan fingerprint density at radius 3 is 2.33 bits per heavy atom. The summed E-state index contributed by atoms with van der Waals surface area (Å²) in [7, 11) is -4.03. The molecular formula is C21H24N4O7S. The van der Waals surface area contributed by atoms with Crippen molar-refractivity contribution in [2.24, 2.45) is 5.73 Å². The standard InChI is InChI=1S/C21H24N4O7S/c1-15-12-23(33(30,31)19-9-7-17(8-10-19)25(28)29)13-18(11-20(22)26)24(15)21(27)32-14-16-5-3-2-4-6-16/h2-10,15,18H,11-14H2,1H3,(H2,22,26)/t15-,18+/m1/s1. The Labute approximate surface area is 190 Å². The van der Waals surface area contributed by atoms with Gasteiger partial charge in [0.15, 0.2) is 0 Å². The number of sulfonamides is 1. The van der Waals surface area contributed by atoms with Gasteiger partial charge in [-0.05, 0) is 24.6 Å². The molecule has 2 N–H and O–H groups in total. The zero-order valence-corrected chi connectivity index (χ0v) is 18.7. The maximum absolute atomic E-state index is 13.1. The highest BCUT2D eigenvalue weighted by Gasteiger charge is 2.41. The van der Waals surface area contributed by atoms with Gasteiger partial charge < -0.3 is 10.5 Å². The van der Waals surface area contributed by atoms with Crippen LogP contribution in [0.15, 0.2) is 59.5 Å². The largest absolute Gasteiger partial charge is 0.445 e. The Hall–Kier alpha value is -3.51. The third-order valence-electron chi connectivity index (χ3n) is 5.29. The topological polar surface area (TPSA) is 153 Å². The molecule has 1 aliphatic rings. The van der Waals surface area contributed by atoms with E-state index in [1.165, 1.54) is 4.90 Å². The van der Waals surface area contributed by atoms with E-state index >= 15 is 0 Å². The van der Waals surface area contributed by atoms with Crippen LogP contribution in [0, 0.1) is 10.1 Å². The van der Waals surface area contributed by atoms with E-state index in [1.54, 1.807) is 19.1 Å². The predicted octanol–water partition coefficient (Wildman–Crippen LogP) is 1.87. The highest BCUT2D eigenvalue weighted by molar-refractivity contribution is 7.89. The van der Waals surface area contributed by atoms with Crippen molar-refractivity contribution in [3.05, 3.63) is 70.3 Å². The minimum atomic E-state index is -4.03. The molecule has 2 atom stereocenters. The van der Waals surface area contributed by atoms with E-state index < -0.39 is 39.0 Å². The number of nitrogens with two attached hydrogens (primary N) is 1. The van der Waals surface area contributed by atoms with E-state index in [1.807, 2.05) is 18.2 Å². The number of rotatable bonds is 7. The van der Waals surface area contributed by atoms with Crippen LogP contribution < -0.4 is 5.73 Å². The van der Waals surface area contributed by atoms with Crippen LogP contribution in [-0.2, 0) is 26.2 Å². The predicted molar refractivity (Wildman–Crippen MR) is 117 cm³/mol. The van der Waals surface area contributed by atoms with Crippen LogP contribution >= 0.6 is 0 Å². The summed E-state index contributed by atoms with van der Waals surface area (Å²) in [4.78, 5) is 35.9. The first-order valence-corrected chi connectivity index (χ1v) is 11.6. The third kappa shape index (κ3) is 5.65. The van der Waals surface area contributed by atoms with Gasteiger partial charge in [0.05, 0.1) is 15.9 Å². The van der Waals surface area contributed by atoms with E-state index in [9.17, 15) is 28.1 Å². The van der Waals surface area contributed by atoms with Gasteiger partial charge in [0, 0.05) is 37.7 Å². The fourth-order valence-corrected chi connectivity index (χ4v) is 5.30. The zero-order chi connectivity index (χ0) is 24.2. The number of nitro groups is 1. The van der Waals surface area contributed by atoms with Crippen LogP contribution in [0.3, 0.4) is 0 Å². The first kappa shape index (κ1) is 24.1. The molecule has 2 aromatic rings. The summed E-state index contributed by atoms with van der Waals surface area (Å²) in [5.41, 5.74) is 5.90. The fourth-order valence-electron chi connectivity index (χ4n) is 3.74. The number of primary amides is 1. The molecule has 0 aromatic heterocycles. The van der Waals surface area contributed by atoms with Crippen molar-refractivity contribution < 1.29 is 27.7 Å².